The van der Waals surface area contributed by atoms with Crippen molar-refractivity contribution in [2.45, 2.75) is 44.4 Å². The average molecular weight is 478 g/mol. The van der Waals surface area contributed by atoms with E-state index in [4.69, 9.17) is 4.74 Å². The van der Waals surface area contributed by atoms with Gasteiger partial charge >= 0.3 is 0 Å². The maximum absolute atomic E-state index is 13.8. The molecule has 0 spiro atoms. The summed E-state index contributed by atoms with van der Waals surface area (Å²) in [5, 5.41) is 3.08. The Kier molecular flexibility index (Phi) is 6.42. The van der Waals surface area contributed by atoms with Crippen LogP contribution in [0, 0.1) is 0 Å². The van der Waals surface area contributed by atoms with Crippen LogP contribution in [0.1, 0.15) is 41.0 Å². The molecule has 0 unspecified atom stereocenters. The quantitative estimate of drug-likeness (QED) is 0.703. The summed E-state index contributed by atoms with van der Waals surface area (Å²) in [7, 11) is 0. The van der Waals surface area contributed by atoms with Crippen LogP contribution in [0.3, 0.4) is 0 Å². The third-order valence-corrected chi connectivity index (χ3v) is 7.12. The molecule has 35 heavy (non-hydrogen) atoms. The number of aromatic nitrogens is 1. The largest absolute Gasteiger partial charge is 0.475 e. The van der Waals surface area contributed by atoms with Gasteiger partial charge in [-0.25, -0.2) is 4.98 Å². The summed E-state index contributed by atoms with van der Waals surface area (Å²) < 4.78 is 6.03. The van der Waals surface area contributed by atoms with Gasteiger partial charge in [0.05, 0.1) is 12.1 Å². The fourth-order valence-electron chi connectivity index (χ4n) is 5.32. The number of rotatable bonds is 2. The lowest BCUT2D eigenvalue weighted by molar-refractivity contribution is -0.142. The van der Waals surface area contributed by atoms with Crippen LogP contribution < -0.4 is 10.1 Å². The van der Waals surface area contributed by atoms with E-state index in [1.165, 1.54) is 0 Å². The Morgan fingerprint density at radius 3 is 2.66 bits per heavy atom. The third-order valence-electron chi connectivity index (χ3n) is 7.12. The van der Waals surface area contributed by atoms with Crippen LogP contribution in [0.5, 0.6) is 5.88 Å². The second kappa shape index (κ2) is 9.65. The van der Waals surface area contributed by atoms with Gasteiger partial charge in [-0.1, -0.05) is 18.2 Å². The minimum Gasteiger partial charge on any atom is -0.475 e. The molecule has 0 aliphatic carbocycles. The molecule has 2 saturated heterocycles. The first kappa shape index (κ1) is 23.3. The molecule has 0 saturated carbocycles. The second-order valence-electron chi connectivity index (χ2n) is 9.68. The average Bonchev–Trinajstić information content (AvgIpc) is 3.31. The van der Waals surface area contributed by atoms with Crippen LogP contribution in [-0.4, -0.2) is 94.4 Å². The van der Waals surface area contributed by atoms with Crippen molar-refractivity contribution in [3.8, 4) is 5.88 Å². The number of ether oxygens (including phenoxy) is 1. The molecule has 2 fully saturated rings. The molecule has 3 aliphatic rings. The Hall–Kier alpha value is -3.46. The number of benzene rings is 1. The predicted molar refractivity (Wildman–Crippen MR) is 129 cm³/mol. The number of likely N-dealkylation sites (tertiary alicyclic amines) is 1. The zero-order chi connectivity index (χ0) is 24.5. The van der Waals surface area contributed by atoms with Crippen LogP contribution in [0.15, 0.2) is 48.7 Å². The van der Waals surface area contributed by atoms with E-state index in [-0.39, 0.29) is 54.4 Å². The van der Waals surface area contributed by atoms with Crippen molar-refractivity contribution < 1.29 is 19.1 Å². The Morgan fingerprint density at radius 1 is 1.09 bits per heavy atom. The van der Waals surface area contributed by atoms with Gasteiger partial charge in [0.25, 0.3) is 11.8 Å². The van der Waals surface area contributed by atoms with Crippen LogP contribution in [-0.2, 0) is 4.79 Å². The van der Waals surface area contributed by atoms with E-state index >= 15 is 0 Å². The first-order chi connectivity index (χ1) is 16.9. The van der Waals surface area contributed by atoms with Crippen molar-refractivity contribution in [2.75, 3.05) is 32.8 Å². The summed E-state index contributed by atoms with van der Waals surface area (Å²) in [4.78, 5) is 50.1. The Balaban J connectivity index is 1.46. The highest BCUT2D eigenvalue weighted by molar-refractivity contribution is 5.97. The molecule has 9 heteroatoms. The zero-order valence-electron chi connectivity index (χ0n) is 20.1. The molecular formula is C26H31N5O4. The molecule has 1 aromatic carbocycles. The summed E-state index contributed by atoms with van der Waals surface area (Å²) in [5.74, 6) is -0.0549. The molecule has 9 nitrogen and oxygen atoms in total. The predicted octanol–water partition coefficient (Wildman–Crippen LogP) is 1.41. The SMILES string of the molecule is CC(C)N1C[C@H]2C[C@H]1C(=O)N1CCN(C(=O)c3ccccc3)C[C@H]1COc1ncccc1C(=O)N2. The minimum absolute atomic E-state index is 0.0256. The van der Waals surface area contributed by atoms with Crippen molar-refractivity contribution in [2.24, 2.45) is 0 Å². The highest BCUT2D eigenvalue weighted by atomic mass is 16.5. The summed E-state index contributed by atoms with van der Waals surface area (Å²) in [6.07, 6.45) is 2.13. The van der Waals surface area contributed by atoms with E-state index in [0.29, 0.717) is 43.7 Å². The number of piperazine rings is 1. The topological polar surface area (TPSA) is 95.1 Å². The summed E-state index contributed by atoms with van der Waals surface area (Å²) in [6, 6.07) is 11.9. The maximum atomic E-state index is 13.8. The van der Waals surface area contributed by atoms with Gasteiger partial charge in [-0.15, -0.1) is 0 Å². The molecule has 3 aliphatic heterocycles. The van der Waals surface area contributed by atoms with E-state index < -0.39 is 0 Å². The fourth-order valence-corrected chi connectivity index (χ4v) is 5.32. The standard InChI is InChI=1S/C26H31N5O4/c1-17(2)31-14-19-13-22(31)26(34)30-12-11-29(25(33)18-7-4-3-5-8-18)15-20(30)16-35-24-21(23(32)28-19)9-6-10-27-24/h3-10,17,19-20,22H,11-16H2,1-2H3,(H,28,32)/t19-,20+,22+/m1/s1. The first-order valence-corrected chi connectivity index (χ1v) is 12.2. The van der Waals surface area contributed by atoms with Gasteiger partial charge < -0.3 is 19.9 Å². The van der Waals surface area contributed by atoms with E-state index in [9.17, 15) is 14.4 Å². The van der Waals surface area contributed by atoms with Crippen molar-refractivity contribution in [3.63, 3.8) is 0 Å². The van der Waals surface area contributed by atoms with Gasteiger partial charge in [0.1, 0.15) is 12.2 Å². The molecular weight excluding hydrogens is 446 g/mol. The molecule has 2 aromatic rings. The minimum atomic E-state index is -0.352. The maximum Gasteiger partial charge on any atom is 0.257 e. The van der Waals surface area contributed by atoms with Crippen LogP contribution >= 0.6 is 0 Å². The van der Waals surface area contributed by atoms with Crippen LogP contribution in [0.4, 0.5) is 0 Å². The molecule has 1 N–H and O–H groups in total. The number of nitrogens with one attached hydrogen (secondary N) is 1. The highest BCUT2D eigenvalue weighted by Crippen LogP contribution is 2.27. The van der Waals surface area contributed by atoms with Crippen LogP contribution in [0.25, 0.3) is 0 Å². The lowest BCUT2D eigenvalue weighted by Gasteiger charge is -2.43. The number of carbonyl (C=O) groups is 3. The lowest BCUT2D eigenvalue weighted by Crippen LogP contribution is -2.61. The molecule has 4 heterocycles. The van der Waals surface area contributed by atoms with Crippen molar-refractivity contribution in [3.05, 3.63) is 59.8 Å². The Morgan fingerprint density at radius 2 is 1.89 bits per heavy atom. The molecule has 5 rings (SSSR count). The third kappa shape index (κ3) is 4.60. The molecule has 0 radical (unpaired) electrons. The molecule has 3 amide bonds. The summed E-state index contributed by atoms with van der Waals surface area (Å²) >= 11 is 0. The number of hydrogen-bond acceptors (Lipinski definition) is 6. The van der Waals surface area contributed by atoms with Gasteiger partial charge in [0.2, 0.25) is 11.8 Å². The van der Waals surface area contributed by atoms with Crippen molar-refractivity contribution >= 4 is 17.7 Å². The monoisotopic (exact) mass is 477 g/mol. The van der Waals surface area contributed by atoms with Gasteiger partial charge in [-0.2, -0.15) is 0 Å². The lowest BCUT2D eigenvalue weighted by atomic mass is 10.1. The number of fused-ring (bicyclic) bond motifs is 4. The molecule has 184 valence electrons. The van der Waals surface area contributed by atoms with Crippen LogP contribution in [0.2, 0.25) is 0 Å². The Bertz CT molecular complexity index is 1110. The summed E-state index contributed by atoms with van der Waals surface area (Å²) in [6.45, 7) is 6.12. The number of pyridine rings is 1. The fraction of sp³-hybridized carbons (Fsp3) is 0.462. The van der Waals surface area contributed by atoms with Gasteiger partial charge in [-0.05, 0) is 44.5 Å². The van der Waals surface area contributed by atoms with E-state index in [2.05, 4.69) is 29.0 Å². The number of carbonyl (C=O) groups excluding carboxylic acids is 3. The summed E-state index contributed by atoms with van der Waals surface area (Å²) in [5.41, 5.74) is 0.994. The normalized spacial score (nSPS) is 25.2. The second-order valence-corrected chi connectivity index (χ2v) is 9.68. The van der Waals surface area contributed by atoms with Gasteiger partial charge in [0, 0.05) is 50.0 Å². The van der Waals surface area contributed by atoms with E-state index in [1.54, 1.807) is 35.4 Å². The highest BCUT2D eigenvalue weighted by Gasteiger charge is 2.44. The van der Waals surface area contributed by atoms with E-state index in [1.807, 2.05) is 23.1 Å². The van der Waals surface area contributed by atoms with Gasteiger partial charge in [-0.3, -0.25) is 19.3 Å². The Labute approximate surface area is 205 Å². The van der Waals surface area contributed by atoms with Gasteiger partial charge in [0.15, 0.2) is 0 Å². The smallest absolute Gasteiger partial charge is 0.257 e. The van der Waals surface area contributed by atoms with E-state index in [0.717, 1.165) is 0 Å². The number of hydrogen-bond donors (Lipinski definition) is 1. The first-order valence-electron chi connectivity index (χ1n) is 12.2. The zero-order valence-corrected chi connectivity index (χ0v) is 20.1. The van der Waals surface area contributed by atoms with Crippen molar-refractivity contribution in [1.29, 1.82) is 0 Å². The molecule has 3 atom stereocenters. The number of amides is 3. The molecule has 1 aromatic heterocycles. The van der Waals surface area contributed by atoms with Crippen molar-refractivity contribution in [1.82, 2.24) is 25.0 Å². The molecule has 2 bridgehead atoms. The number of nitrogens with zero attached hydrogens (tertiary/aromatic N) is 4.